The van der Waals surface area contributed by atoms with Gasteiger partial charge in [0.25, 0.3) is 0 Å². The Hall–Kier alpha value is -1.20. The number of rotatable bonds is 8. The number of nitrogens with two attached hydrogens (primary N) is 1. The lowest BCUT2D eigenvalue weighted by Crippen LogP contribution is -2.36. The van der Waals surface area contributed by atoms with Crippen LogP contribution in [0, 0.1) is 5.92 Å². The van der Waals surface area contributed by atoms with E-state index in [9.17, 15) is 8.78 Å². The van der Waals surface area contributed by atoms with Crippen molar-refractivity contribution >= 4 is 0 Å². The summed E-state index contributed by atoms with van der Waals surface area (Å²) < 4.78 is 28.6. The van der Waals surface area contributed by atoms with Crippen LogP contribution in [0.3, 0.4) is 0 Å². The van der Waals surface area contributed by atoms with Crippen molar-refractivity contribution in [1.82, 2.24) is 4.90 Å². The summed E-state index contributed by atoms with van der Waals surface area (Å²) in [5, 5.41) is 0. The quantitative estimate of drug-likeness (QED) is 0.797. The van der Waals surface area contributed by atoms with Gasteiger partial charge in [-0.15, -0.1) is 0 Å². The van der Waals surface area contributed by atoms with Crippen LogP contribution in [0.1, 0.15) is 32.4 Å². The molecule has 0 aliphatic carbocycles. The Labute approximate surface area is 119 Å². The highest BCUT2D eigenvalue weighted by Crippen LogP contribution is 2.23. The molecule has 2 N–H and O–H groups in total. The van der Waals surface area contributed by atoms with Crippen LogP contribution in [0.4, 0.5) is 8.78 Å². The minimum atomic E-state index is -2.79. The van der Waals surface area contributed by atoms with Crippen LogP contribution < -0.4 is 10.5 Å². The molecule has 0 fully saturated rings. The minimum absolute atomic E-state index is 0.1000. The molecule has 0 saturated carbocycles. The van der Waals surface area contributed by atoms with Crippen molar-refractivity contribution in [2.24, 2.45) is 11.7 Å². The second kappa shape index (κ2) is 8.17. The fourth-order valence-electron chi connectivity index (χ4n) is 2.31. The second-order valence-electron chi connectivity index (χ2n) is 5.18. The third-order valence-corrected chi connectivity index (χ3v) is 3.16. The maximum absolute atomic E-state index is 12.1. The van der Waals surface area contributed by atoms with Crippen molar-refractivity contribution in [3.05, 3.63) is 29.8 Å². The van der Waals surface area contributed by atoms with E-state index in [2.05, 4.69) is 30.4 Å². The summed E-state index contributed by atoms with van der Waals surface area (Å²) in [6.07, 6.45) is 0. The number of hydrogen-bond donors (Lipinski definition) is 1. The van der Waals surface area contributed by atoms with Crippen LogP contribution in [0.25, 0.3) is 0 Å². The molecule has 1 unspecified atom stereocenters. The van der Waals surface area contributed by atoms with Gasteiger partial charge in [0.05, 0.1) is 0 Å². The lowest BCUT2D eigenvalue weighted by atomic mass is 10.0. The molecule has 0 radical (unpaired) electrons. The maximum atomic E-state index is 12.1. The summed E-state index contributed by atoms with van der Waals surface area (Å²) in [6.45, 7) is 5.98. The zero-order valence-corrected chi connectivity index (χ0v) is 12.4. The fourth-order valence-corrected chi connectivity index (χ4v) is 2.31. The van der Waals surface area contributed by atoms with E-state index in [0.29, 0.717) is 12.5 Å². The van der Waals surface area contributed by atoms with Crippen LogP contribution in [0.2, 0.25) is 0 Å². The van der Waals surface area contributed by atoms with Crippen molar-refractivity contribution in [2.45, 2.75) is 33.4 Å². The van der Waals surface area contributed by atoms with Crippen LogP contribution >= 0.6 is 0 Å². The van der Waals surface area contributed by atoms with E-state index in [0.717, 1.165) is 18.7 Å². The average molecular weight is 286 g/mol. The lowest BCUT2D eigenvalue weighted by Gasteiger charge is -2.31. The number of benzene rings is 1. The Balaban J connectivity index is 2.83. The second-order valence-corrected chi connectivity index (χ2v) is 5.18. The Morgan fingerprint density at radius 3 is 2.20 bits per heavy atom. The van der Waals surface area contributed by atoms with Gasteiger partial charge in [-0.05, 0) is 30.2 Å². The lowest BCUT2D eigenvalue weighted by molar-refractivity contribution is -0.0498. The van der Waals surface area contributed by atoms with Crippen LogP contribution in [0.15, 0.2) is 24.3 Å². The van der Waals surface area contributed by atoms with Crippen molar-refractivity contribution in [3.8, 4) is 5.75 Å². The van der Waals surface area contributed by atoms with Crippen LogP contribution in [-0.4, -0.2) is 31.1 Å². The predicted octanol–water partition coefficient (Wildman–Crippen LogP) is 3.27. The fraction of sp³-hybridized carbons (Fsp3) is 0.600. The summed E-state index contributed by atoms with van der Waals surface area (Å²) >= 11 is 0. The van der Waals surface area contributed by atoms with Gasteiger partial charge in [-0.2, -0.15) is 8.78 Å². The number of ether oxygens (including phenoxy) is 1. The average Bonchev–Trinajstić information content (AvgIpc) is 2.39. The molecule has 3 nitrogen and oxygen atoms in total. The van der Waals surface area contributed by atoms with Crippen molar-refractivity contribution in [1.29, 1.82) is 0 Å². The Kier molecular flexibility index (Phi) is 6.88. The maximum Gasteiger partial charge on any atom is 0.387 e. The largest absolute Gasteiger partial charge is 0.435 e. The van der Waals surface area contributed by atoms with E-state index in [-0.39, 0.29) is 11.8 Å². The first-order chi connectivity index (χ1) is 9.47. The molecular weight excluding hydrogens is 262 g/mol. The van der Waals surface area contributed by atoms with Crippen LogP contribution in [-0.2, 0) is 0 Å². The number of hydrogen-bond acceptors (Lipinski definition) is 3. The van der Waals surface area contributed by atoms with E-state index in [1.807, 2.05) is 0 Å². The summed E-state index contributed by atoms with van der Waals surface area (Å²) in [5.74, 6) is 0.719. The van der Waals surface area contributed by atoms with E-state index >= 15 is 0 Å². The molecule has 1 aromatic rings. The first kappa shape index (κ1) is 16.9. The molecule has 0 aliphatic rings. The standard InChI is InChI=1S/C15H24F2N2O/c1-4-19(10-11(2)3)14(9-18)12-5-7-13(8-6-12)20-15(16)17/h5-8,11,14-15H,4,9-10,18H2,1-3H3. The summed E-state index contributed by atoms with van der Waals surface area (Å²) in [4.78, 5) is 2.30. The molecule has 0 heterocycles. The molecule has 5 heteroatoms. The van der Waals surface area contributed by atoms with Crippen molar-refractivity contribution in [3.63, 3.8) is 0 Å². The zero-order chi connectivity index (χ0) is 15.1. The third-order valence-electron chi connectivity index (χ3n) is 3.16. The van der Waals surface area contributed by atoms with Gasteiger partial charge in [-0.3, -0.25) is 4.90 Å². The minimum Gasteiger partial charge on any atom is -0.435 e. The summed E-state index contributed by atoms with van der Waals surface area (Å²) in [7, 11) is 0. The molecule has 0 bridgehead atoms. The smallest absolute Gasteiger partial charge is 0.387 e. The van der Waals surface area contributed by atoms with Gasteiger partial charge in [0.2, 0.25) is 0 Å². The molecule has 1 aromatic carbocycles. The van der Waals surface area contributed by atoms with Gasteiger partial charge in [0, 0.05) is 19.1 Å². The first-order valence-electron chi connectivity index (χ1n) is 6.96. The molecule has 0 aromatic heterocycles. The Bertz CT molecular complexity index is 382. The van der Waals surface area contributed by atoms with Crippen molar-refractivity contribution in [2.75, 3.05) is 19.6 Å². The van der Waals surface area contributed by atoms with Crippen LogP contribution in [0.5, 0.6) is 5.75 Å². The highest BCUT2D eigenvalue weighted by molar-refractivity contribution is 5.29. The van der Waals surface area contributed by atoms with Gasteiger partial charge in [0.1, 0.15) is 5.75 Å². The van der Waals surface area contributed by atoms with Crippen molar-refractivity contribution < 1.29 is 13.5 Å². The molecule has 1 atom stereocenters. The monoisotopic (exact) mass is 286 g/mol. The van der Waals surface area contributed by atoms with Gasteiger partial charge >= 0.3 is 6.61 Å². The number of alkyl halides is 2. The highest BCUT2D eigenvalue weighted by Gasteiger charge is 2.18. The number of nitrogens with zero attached hydrogens (tertiary/aromatic N) is 1. The summed E-state index contributed by atoms with van der Waals surface area (Å²) in [6, 6.07) is 6.83. The van der Waals surface area contributed by atoms with E-state index < -0.39 is 6.61 Å². The SMILES string of the molecule is CCN(CC(C)C)C(CN)c1ccc(OC(F)F)cc1. The molecule has 114 valence electrons. The predicted molar refractivity (Wildman–Crippen MR) is 77.0 cm³/mol. The molecule has 0 spiro atoms. The van der Waals surface area contributed by atoms with E-state index in [1.54, 1.807) is 24.3 Å². The molecule has 0 aliphatic heterocycles. The Morgan fingerprint density at radius 2 is 1.80 bits per heavy atom. The van der Waals surface area contributed by atoms with Gasteiger partial charge < -0.3 is 10.5 Å². The summed E-state index contributed by atoms with van der Waals surface area (Å²) in [5.41, 5.74) is 6.91. The molecule has 0 saturated heterocycles. The molecule has 20 heavy (non-hydrogen) atoms. The first-order valence-corrected chi connectivity index (χ1v) is 6.96. The normalized spacial score (nSPS) is 13.2. The molecule has 1 rings (SSSR count). The zero-order valence-electron chi connectivity index (χ0n) is 12.4. The third kappa shape index (κ3) is 5.06. The number of likely N-dealkylation sites (N-methyl/N-ethyl adjacent to an activating group) is 1. The van der Waals surface area contributed by atoms with Gasteiger partial charge in [0.15, 0.2) is 0 Å². The topological polar surface area (TPSA) is 38.5 Å². The Morgan fingerprint density at radius 1 is 1.20 bits per heavy atom. The molecule has 0 amide bonds. The van der Waals surface area contributed by atoms with E-state index in [4.69, 9.17) is 5.73 Å². The van der Waals surface area contributed by atoms with Gasteiger partial charge in [-0.25, -0.2) is 0 Å². The molecular formula is C15H24F2N2O. The number of halogens is 2. The highest BCUT2D eigenvalue weighted by atomic mass is 19.3. The van der Waals surface area contributed by atoms with Gasteiger partial charge in [-0.1, -0.05) is 32.9 Å². The van der Waals surface area contributed by atoms with E-state index in [1.165, 1.54) is 0 Å².